The number of benzene rings is 1. The Morgan fingerprint density at radius 2 is 2.00 bits per heavy atom. The van der Waals surface area contributed by atoms with Gasteiger partial charge in [0.15, 0.2) is 0 Å². The maximum absolute atomic E-state index is 10.5. The minimum atomic E-state index is -0.487. The molecule has 1 atom stereocenters. The molecular formula is C13H11Cl2N3O2. The highest BCUT2D eigenvalue weighted by Gasteiger charge is 2.10. The van der Waals surface area contributed by atoms with Crippen LogP contribution in [0.1, 0.15) is 18.5 Å². The maximum atomic E-state index is 10.5. The van der Waals surface area contributed by atoms with Crippen LogP contribution in [0.2, 0.25) is 10.0 Å². The number of nitrogens with one attached hydrogen (secondary N) is 1. The second kappa shape index (κ2) is 6.07. The molecule has 1 heterocycles. The molecule has 0 fully saturated rings. The lowest BCUT2D eigenvalue weighted by Gasteiger charge is -2.15. The molecule has 1 N–H and O–H groups in total. The van der Waals surface area contributed by atoms with Crippen LogP contribution in [-0.4, -0.2) is 9.91 Å². The Bertz CT molecular complexity index is 632. The van der Waals surface area contributed by atoms with Gasteiger partial charge in [-0.2, -0.15) is 0 Å². The standard InChI is InChI=1S/C13H11Cl2N3O2/c1-8(9-2-4-11(14)12(15)6-9)17-13-5-3-10(7-16-13)18(19)20/h2-8H,1H3,(H,16,17)/t8-/m1/s1. The van der Waals surface area contributed by atoms with Crippen molar-refractivity contribution in [1.29, 1.82) is 0 Å². The van der Waals surface area contributed by atoms with Crippen molar-refractivity contribution >= 4 is 34.7 Å². The number of halogens is 2. The van der Waals surface area contributed by atoms with Gasteiger partial charge in [0.05, 0.1) is 15.0 Å². The average molecular weight is 312 g/mol. The molecule has 104 valence electrons. The fraction of sp³-hybridized carbons (Fsp3) is 0.154. The molecule has 0 bridgehead atoms. The summed E-state index contributed by atoms with van der Waals surface area (Å²) in [4.78, 5) is 14.0. The molecule has 5 nitrogen and oxygen atoms in total. The molecule has 2 rings (SSSR count). The van der Waals surface area contributed by atoms with Crippen molar-refractivity contribution in [3.63, 3.8) is 0 Å². The van der Waals surface area contributed by atoms with E-state index in [2.05, 4.69) is 10.3 Å². The summed E-state index contributed by atoms with van der Waals surface area (Å²) in [5.74, 6) is 0.550. The molecule has 0 radical (unpaired) electrons. The predicted molar refractivity (Wildman–Crippen MR) is 79.4 cm³/mol. The molecule has 0 aliphatic carbocycles. The number of aromatic nitrogens is 1. The highest BCUT2D eigenvalue weighted by atomic mass is 35.5. The SMILES string of the molecule is C[C@@H](Nc1ccc([N+](=O)[O-])cn1)c1ccc(Cl)c(Cl)c1. The van der Waals surface area contributed by atoms with Crippen LogP contribution in [0.15, 0.2) is 36.5 Å². The van der Waals surface area contributed by atoms with E-state index >= 15 is 0 Å². The van der Waals surface area contributed by atoms with Crippen LogP contribution in [0.5, 0.6) is 0 Å². The first-order chi connectivity index (χ1) is 9.47. The molecule has 0 unspecified atom stereocenters. The van der Waals surface area contributed by atoms with Crippen molar-refractivity contribution in [2.45, 2.75) is 13.0 Å². The first kappa shape index (κ1) is 14.6. The van der Waals surface area contributed by atoms with Crippen LogP contribution in [-0.2, 0) is 0 Å². The number of nitro groups is 1. The summed E-state index contributed by atoms with van der Waals surface area (Å²) in [6.45, 7) is 1.93. The molecule has 0 aliphatic heterocycles. The number of anilines is 1. The first-order valence-corrected chi connectivity index (χ1v) is 6.55. The third-order valence-corrected chi connectivity index (χ3v) is 3.51. The average Bonchev–Trinajstić information content (AvgIpc) is 2.42. The Balaban J connectivity index is 2.12. The maximum Gasteiger partial charge on any atom is 0.287 e. The van der Waals surface area contributed by atoms with E-state index in [0.717, 1.165) is 5.56 Å². The summed E-state index contributed by atoms with van der Waals surface area (Å²) in [5, 5.41) is 14.7. The van der Waals surface area contributed by atoms with Crippen LogP contribution < -0.4 is 5.32 Å². The third kappa shape index (κ3) is 3.37. The zero-order chi connectivity index (χ0) is 14.7. The van der Waals surface area contributed by atoms with E-state index in [9.17, 15) is 10.1 Å². The van der Waals surface area contributed by atoms with Gasteiger partial charge in [0.25, 0.3) is 5.69 Å². The Kier molecular flexibility index (Phi) is 4.42. The summed E-state index contributed by atoms with van der Waals surface area (Å²) in [6.07, 6.45) is 1.21. The second-order valence-corrected chi connectivity index (χ2v) is 5.01. The zero-order valence-electron chi connectivity index (χ0n) is 10.5. The van der Waals surface area contributed by atoms with Gasteiger partial charge in [0.2, 0.25) is 0 Å². The topological polar surface area (TPSA) is 68.1 Å². The summed E-state index contributed by atoms with van der Waals surface area (Å²) >= 11 is 11.8. The number of rotatable bonds is 4. The van der Waals surface area contributed by atoms with E-state index in [1.54, 1.807) is 18.2 Å². The van der Waals surface area contributed by atoms with Gasteiger partial charge in [-0.3, -0.25) is 10.1 Å². The first-order valence-electron chi connectivity index (χ1n) is 5.79. The molecule has 1 aromatic heterocycles. The van der Waals surface area contributed by atoms with Gasteiger partial charge < -0.3 is 5.32 Å². The molecule has 0 saturated carbocycles. The fourth-order valence-electron chi connectivity index (χ4n) is 1.67. The minimum Gasteiger partial charge on any atom is -0.364 e. The largest absolute Gasteiger partial charge is 0.364 e. The fourth-order valence-corrected chi connectivity index (χ4v) is 1.97. The van der Waals surface area contributed by atoms with Crippen LogP contribution in [0.25, 0.3) is 0 Å². The minimum absolute atomic E-state index is 0.0438. The van der Waals surface area contributed by atoms with Gasteiger partial charge in [0, 0.05) is 12.1 Å². The normalized spacial score (nSPS) is 11.9. The number of pyridine rings is 1. The summed E-state index contributed by atoms with van der Waals surface area (Å²) in [7, 11) is 0. The van der Waals surface area contributed by atoms with E-state index in [1.807, 2.05) is 13.0 Å². The lowest BCUT2D eigenvalue weighted by atomic mass is 10.1. The molecule has 20 heavy (non-hydrogen) atoms. The molecular weight excluding hydrogens is 301 g/mol. The van der Waals surface area contributed by atoms with Gasteiger partial charge in [-0.15, -0.1) is 0 Å². The van der Waals surface area contributed by atoms with E-state index in [4.69, 9.17) is 23.2 Å². The Morgan fingerprint density at radius 1 is 1.25 bits per heavy atom. The Hall–Kier alpha value is -1.85. The van der Waals surface area contributed by atoms with E-state index in [1.165, 1.54) is 12.3 Å². The zero-order valence-corrected chi connectivity index (χ0v) is 12.0. The smallest absolute Gasteiger partial charge is 0.287 e. The van der Waals surface area contributed by atoms with Gasteiger partial charge in [0.1, 0.15) is 12.0 Å². The van der Waals surface area contributed by atoms with Gasteiger partial charge >= 0.3 is 0 Å². The third-order valence-electron chi connectivity index (χ3n) is 2.77. The highest BCUT2D eigenvalue weighted by Crippen LogP contribution is 2.27. The van der Waals surface area contributed by atoms with E-state index < -0.39 is 4.92 Å². The monoisotopic (exact) mass is 311 g/mol. The molecule has 1 aromatic carbocycles. The summed E-state index contributed by atoms with van der Waals surface area (Å²) < 4.78 is 0. The lowest BCUT2D eigenvalue weighted by Crippen LogP contribution is -2.07. The van der Waals surface area contributed by atoms with Crippen molar-refractivity contribution in [3.05, 3.63) is 62.3 Å². The predicted octanol–water partition coefficient (Wildman–Crippen LogP) is 4.47. The van der Waals surface area contributed by atoms with E-state index in [0.29, 0.717) is 15.9 Å². The van der Waals surface area contributed by atoms with E-state index in [-0.39, 0.29) is 11.7 Å². The van der Waals surface area contributed by atoms with Crippen molar-refractivity contribution < 1.29 is 4.92 Å². The van der Waals surface area contributed by atoms with Gasteiger partial charge in [-0.25, -0.2) is 4.98 Å². The second-order valence-electron chi connectivity index (χ2n) is 4.20. The lowest BCUT2D eigenvalue weighted by molar-refractivity contribution is -0.385. The van der Waals surface area contributed by atoms with Crippen LogP contribution >= 0.6 is 23.2 Å². The van der Waals surface area contributed by atoms with Gasteiger partial charge in [-0.05, 0) is 30.7 Å². The van der Waals surface area contributed by atoms with Crippen LogP contribution in [0.4, 0.5) is 11.5 Å². The molecule has 2 aromatic rings. The summed E-state index contributed by atoms with van der Waals surface area (Å²) in [5.41, 5.74) is 0.900. The highest BCUT2D eigenvalue weighted by molar-refractivity contribution is 6.42. The Morgan fingerprint density at radius 3 is 2.55 bits per heavy atom. The number of hydrogen-bond donors (Lipinski definition) is 1. The number of hydrogen-bond acceptors (Lipinski definition) is 4. The van der Waals surface area contributed by atoms with Crippen LogP contribution in [0, 0.1) is 10.1 Å². The Labute approximate surface area is 125 Å². The molecule has 7 heteroatoms. The molecule has 0 aliphatic rings. The van der Waals surface area contributed by atoms with Crippen molar-refractivity contribution in [1.82, 2.24) is 4.98 Å². The summed E-state index contributed by atoms with van der Waals surface area (Å²) in [6, 6.07) is 8.26. The van der Waals surface area contributed by atoms with Gasteiger partial charge in [-0.1, -0.05) is 29.3 Å². The van der Waals surface area contributed by atoms with Crippen molar-refractivity contribution in [3.8, 4) is 0 Å². The van der Waals surface area contributed by atoms with Crippen molar-refractivity contribution in [2.24, 2.45) is 0 Å². The quantitative estimate of drug-likeness (QED) is 0.668. The number of nitrogens with zero attached hydrogens (tertiary/aromatic N) is 2. The molecule has 0 saturated heterocycles. The molecule has 0 spiro atoms. The van der Waals surface area contributed by atoms with Crippen LogP contribution in [0.3, 0.4) is 0 Å². The van der Waals surface area contributed by atoms with Crippen molar-refractivity contribution in [2.75, 3.05) is 5.32 Å². The molecule has 0 amide bonds.